The van der Waals surface area contributed by atoms with E-state index in [0.29, 0.717) is 26.1 Å². The number of benzene rings is 2. The van der Waals surface area contributed by atoms with Crippen LogP contribution in [0, 0.1) is 11.6 Å². The lowest BCUT2D eigenvalue weighted by Gasteiger charge is -2.51. The lowest BCUT2D eigenvalue weighted by atomic mass is 10.0. The van der Waals surface area contributed by atoms with Gasteiger partial charge >= 0.3 is 0 Å². The Labute approximate surface area is 261 Å². The van der Waals surface area contributed by atoms with Crippen LogP contribution in [-0.4, -0.2) is 60.0 Å². The molecule has 1 fully saturated rings. The summed E-state index contributed by atoms with van der Waals surface area (Å²) >= 11 is 0. The van der Waals surface area contributed by atoms with Gasteiger partial charge in [-0.25, -0.2) is 8.78 Å². The first-order valence-corrected chi connectivity index (χ1v) is 16.1. The van der Waals surface area contributed by atoms with Gasteiger partial charge in [-0.2, -0.15) is 0 Å². The number of carbonyl (C=O) groups excluding carboxylic acids is 2. The number of fused-ring (bicyclic) bond motifs is 1. The van der Waals surface area contributed by atoms with Gasteiger partial charge in [0.25, 0.3) is 11.8 Å². The van der Waals surface area contributed by atoms with Gasteiger partial charge in [0.1, 0.15) is 29.5 Å². The number of ether oxygens (including phenoxy) is 1. The van der Waals surface area contributed by atoms with E-state index in [4.69, 9.17) is 13.8 Å². The van der Waals surface area contributed by atoms with E-state index in [1.165, 1.54) is 16.9 Å². The van der Waals surface area contributed by atoms with Crippen molar-refractivity contribution in [2.24, 2.45) is 0 Å². The third-order valence-electron chi connectivity index (χ3n) is 8.38. The highest BCUT2D eigenvalue weighted by molar-refractivity contribution is 7.48. The molecule has 2 heterocycles. The SMILES string of the molecule is CCOP(OCC)[C@H]1CCC2(C1)N(C)C(=O)c1c(OCc3ccccc3)c(=O)c(C(=O)NCc3ccc(F)cc3F)cn1N2C. The quantitative estimate of drug-likeness (QED) is 0.296. The second-order valence-corrected chi connectivity index (χ2v) is 12.8. The first-order chi connectivity index (χ1) is 21.6. The molecule has 3 aromatic rings. The second kappa shape index (κ2) is 13.6. The zero-order chi connectivity index (χ0) is 32.3. The number of carbonyl (C=O) groups is 2. The van der Waals surface area contributed by atoms with Gasteiger partial charge in [0.15, 0.2) is 19.8 Å². The summed E-state index contributed by atoms with van der Waals surface area (Å²) in [4.78, 5) is 43.1. The number of halogens is 2. The lowest BCUT2D eigenvalue weighted by Crippen LogP contribution is -2.67. The van der Waals surface area contributed by atoms with Crippen molar-refractivity contribution in [3.05, 3.63) is 99.0 Å². The van der Waals surface area contributed by atoms with Crippen molar-refractivity contribution >= 4 is 20.2 Å². The van der Waals surface area contributed by atoms with Crippen LogP contribution in [0.1, 0.15) is 65.1 Å². The molecule has 2 aliphatic rings. The minimum Gasteiger partial charge on any atom is -0.482 e. The minimum absolute atomic E-state index is 0.00647. The molecule has 1 aromatic heterocycles. The van der Waals surface area contributed by atoms with E-state index in [9.17, 15) is 23.2 Å². The molecule has 1 spiro atoms. The van der Waals surface area contributed by atoms with Crippen molar-refractivity contribution < 1.29 is 32.2 Å². The Kier molecular flexibility index (Phi) is 9.86. The van der Waals surface area contributed by atoms with E-state index >= 15 is 0 Å². The van der Waals surface area contributed by atoms with Gasteiger partial charge in [-0.1, -0.05) is 36.4 Å². The zero-order valence-electron chi connectivity index (χ0n) is 25.7. The summed E-state index contributed by atoms with van der Waals surface area (Å²) in [7, 11) is 2.32. The summed E-state index contributed by atoms with van der Waals surface area (Å²) in [6.07, 6.45) is 3.23. The van der Waals surface area contributed by atoms with Crippen molar-refractivity contribution in [3.8, 4) is 5.75 Å². The van der Waals surface area contributed by atoms with Gasteiger partial charge in [0.05, 0.1) is 13.2 Å². The fourth-order valence-corrected chi connectivity index (χ4v) is 7.78. The largest absolute Gasteiger partial charge is 0.482 e. The van der Waals surface area contributed by atoms with Crippen molar-refractivity contribution in [1.82, 2.24) is 14.9 Å². The Hall–Kier alpha value is -3.86. The molecule has 240 valence electrons. The second-order valence-electron chi connectivity index (χ2n) is 11.0. The Morgan fingerprint density at radius 3 is 2.44 bits per heavy atom. The summed E-state index contributed by atoms with van der Waals surface area (Å²) in [6, 6.07) is 12.2. The molecule has 1 aliphatic heterocycles. The zero-order valence-corrected chi connectivity index (χ0v) is 26.6. The van der Waals surface area contributed by atoms with Gasteiger partial charge in [-0.15, -0.1) is 0 Å². The monoisotopic (exact) mass is 642 g/mol. The molecule has 2 aromatic carbocycles. The third-order valence-corrected chi connectivity index (χ3v) is 10.4. The maximum Gasteiger partial charge on any atom is 0.278 e. The predicted molar refractivity (Wildman–Crippen MR) is 166 cm³/mol. The van der Waals surface area contributed by atoms with Crippen LogP contribution < -0.4 is 20.5 Å². The van der Waals surface area contributed by atoms with E-state index in [-0.39, 0.29) is 41.4 Å². The maximum absolute atomic E-state index is 14.3. The van der Waals surface area contributed by atoms with E-state index < -0.39 is 42.9 Å². The molecule has 5 rings (SSSR count). The highest BCUT2D eigenvalue weighted by Crippen LogP contribution is 2.55. The van der Waals surface area contributed by atoms with Crippen LogP contribution in [0.5, 0.6) is 5.75 Å². The first kappa shape index (κ1) is 32.5. The van der Waals surface area contributed by atoms with Crippen molar-refractivity contribution in [3.63, 3.8) is 0 Å². The van der Waals surface area contributed by atoms with Crippen LogP contribution in [0.2, 0.25) is 0 Å². The number of nitrogens with one attached hydrogen (secondary N) is 1. The van der Waals surface area contributed by atoms with Crippen LogP contribution in [0.4, 0.5) is 8.78 Å². The average Bonchev–Trinajstić information content (AvgIpc) is 3.48. The average molecular weight is 643 g/mol. The molecular formula is C32H37F2N4O6P. The summed E-state index contributed by atoms with van der Waals surface area (Å²) in [5.74, 6) is -3.05. The first-order valence-electron chi connectivity index (χ1n) is 14.9. The van der Waals surface area contributed by atoms with E-state index in [2.05, 4.69) is 5.32 Å². The van der Waals surface area contributed by atoms with E-state index in [1.807, 2.05) is 49.2 Å². The standard InChI is InChI=1S/C32H37F2N4O6P/c1-5-43-45(44-6-2)24-14-15-32(17-24)36(3)31(41)27-29(42-20-21-10-8-7-9-11-21)28(39)25(19-38(27)37(32)4)30(40)35-18-22-12-13-23(33)16-26(22)34/h7-13,16,19,24H,5-6,14-15,17-18,20H2,1-4H3,(H,35,40)/t24-,32?/m0/s1. The van der Waals surface area contributed by atoms with Gasteiger partial charge in [0, 0.05) is 50.5 Å². The molecule has 2 atom stereocenters. The maximum atomic E-state index is 14.3. The number of hydrogen-bond acceptors (Lipinski definition) is 7. The molecule has 10 nitrogen and oxygen atoms in total. The molecular weight excluding hydrogens is 605 g/mol. The van der Waals surface area contributed by atoms with Gasteiger partial charge in [-0.3, -0.25) is 24.1 Å². The number of hydrogen-bond donors (Lipinski definition) is 1. The summed E-state index contributed by atoms with van der Waals surface area (Å²) in [5.41, 5.74) is -0.995. The van der Waals surface area contributed by atoms with Crippen molar-refractivity contribution in [1.29, 1.82) is 0 Å². The normalized spacial score (nSPS) is 19.4. The minimum atomic E-state index is -1.19. The smallest absolute Gasteiger partial charge is 0.278 e. The molecule has 45 heavy (non-hydrogen) atoms. The third kappa shape index (κ3) is 6.32. The summed E-state index contributed by atoms with van der Waals surface area (Å²) in [5, 5.41) is 4.42. The Balaban J connectivity index is 1.54. The topological polar surface area (TPSA) is 102 Å². The molecule has 0 radical (unpaired) electrons. The highest BCUT2D eigenvalue weighted by atomic mass is 31.2. The number of pyridine rings is 1. The number of nitrogens with zero attached hydrogens (tertiary/aromatic N) is 3. The molecule has 0 bridgehead atoms. The van der Waals surface area contributed by atoms with Gasteiger partial charge in [-0.05, 0) is 38.3 Å². The van der Waals surface area contributed by atoms with Crippen LogP contribution in [0.15, 0.2) is 59.5 Å². The Morgan fingerprint density at radius 2 is 1.78 bits per heavy atom. The van der Waals surface area contributed by atoms with Crippen LogP contribution in [0.25, 0.3) is 0 Å². The molecule has 1 unspecified atom stereocenters. The Morgan fingerprint density at radius 1 is 1.07 bits per heavy atom. The molecule has 1 saturated carbocycles. The summed E-state index contributed by atoms with van der Waals surface area (Å²) in [6.45, 7) is 4.55. The fourth-order valence-electron chi connectivity index (χ4n) is 6.00. The molecule has 1 aliphatic carbocycles. The molecule has 1 N–H and O–H groups in total. The van der Waals surface area contributed by atoms with Gasteiger partial charge in [0.2, 0.25) is 5.43 Å². The Bertz CT molecular complexity index is 1620. The van der Waals surface area contributed by atoms with Crippen molar-refractivity contribution in [2.45, 2.75) is 57.6 Å². The van der Waals surface area contributed by atoms with Gasteiger partial charge < -0.3 is 24.0 Å². The van der Waals surface area contributed by atoms with Crippen LogP contribution in [-0.2, 0) is 22.2 Å². The highest BCUT2D eigenvalue weighted by Gasteiger charge is 2.54. The molecule has 0 saturated heterocycles. The van der Waals surface area contributed by atoms with E-state index in [1.54, 1.807) is 19.0 Å². The van der Waals surface area contributed by atoms with E-state index in [0.717, 1.165) is 24.1 Å². The summed E-state index contributed by atoms with van der Waals surface area (Å²) < 4.78 is 47.1. The van der Waals surface area contributed by atoms with Crippen molar-refractivity contribution in [2.75, 3.05) is 32.3 Å². The molecule has 13 heteroatoms. The van der Waals surface area contributed by atoms with Crippen LogP contribution in [0.3, 0.4) is 0 Å². The number of amides is 2. The lowest BCUT2D eigenvalue weighted by molar-refractivity contribution is 0.0399. The number of rotatable bonds is 11. The predicted octanol–water partition coefficient (Wildman–Crippen LogP) is 4.92. The molecule has 2 amide bonds. The van der Waals surface area contributed by atoms with Crippen LogP contribution >= 0.6 is 8.38 Å². The number of aromatic nitrogens is 1. The fraction of sp³-hybridized carbons (Fsp3) is 0.406.